The zero-order valence-corrected chi connectivity index (χ0v) is 12.3. The van der Waals surface area contributed by atoms with Crippen LogP contribution in [0.5, 0.6) is 0 Å². The molecule has 1 atom stereocenters. The molecule has 1 aliphatic rings. The van der Waals surface area contributed by atoms with Gasteiger partial charge in [-0.05, 0) is 12.3 Å². The molecular formula is C13H21N5O2. The van der Waals surface area contributed by atoms with E-state index in [0.717, 1.165) is 10.6 Å². The van der Waals surface area contributed by atoms with E-state index in [9.17, 15) is 9.59 Å². The maximum atomic E-state index is 12.1. The molecule has 2 amide bonds. The van der Waals surface area contributed by atoms with Crippen molar-refractivity contribution in [3.63, 3.8) is 0 Å². The normalized spacial score (nSPS) is 19.9. The van der Waals surface area contributed by atoms with Crippen LogP contribution >= 0.6 is 0 Å². The first-order valence-electron chi connectivity index (χ1n) is 6.72. The quantitative estimate of drug-likeness (QED) is 0.794. The molecule has 7 heteroatoms. The second-order valence-corrected chi connectivity index (χ2v) is 5.45. The van der Waals surface area contributed by atoms with Gasteiger partial charge in [0.05, 0.1) is 11.4 Å². The number of aryl methyl sites for hydroxylation is 1. The molecule has 0 spiro atoms. The monoisotopic (exact) mass is 279 g/mol. The van der Waals surface area contributed by atoms with Gasteiger partial charge in [0.25, 0.3) is 5.91 Å². The Kier molecular flexibility index (Phi) is 3.69. The number of nitrogens with zero attached hydrogens (tertiary/aromatic N) is 3. The number of aromatic nitrogens is 2. The summed E-state index contributed by atoms with van der Waals surface area (Å²) in [7, 11) is 3.29. The molecule has 2 heterocycles. The van der Waals surface area contributed by atoms with E-state index in [1.165, 1.54) is 7.05 Å². The number of anilines is 2. The Morgan fingerprint density at radius 3 is 2.55 bits per heavy atom. The molecule has 7 nitrogen and oxygen atoms in total. The van der Waals surface area contributed by atoms with Crippen molar-refractivity contribution in [2.45, 2.75) is 38.6 Å². The average molecular weight is 279 g/mol. The highest BCUT2D eigenvalue weighted by atomic mass is 16.2. The number of hydrogen-bond donors (Lipinski definition) is 2. The van der Waals surface area contributed by atoms with Crippen LogP contribution in [0.15, 0.2) is 0 Å². The highest BCUT2D eigenvalue weighted by Gasteiger charge is 2.33. The third-order valence-corrected chi connectivity index (χ3v) is 3.62. The van der Waals surface area contributed by atoms with Crippen molar-refractivity contribution in [3.8, 4) is 0 Å². The van der Waals surface area contributed by atoms with Gasteiger partial charge in [-0.1, -0.05) is 13.8 Å². The number of likely N-dealkylation sites (N-methyl/N-ethyl adjacent to an activating group) is 1. The van der Waals surface area contributed by atoms with E-state index in [1.807, 2.05) is 13.8 Å². The number of carbonyl (C=O) groups is 2. The molecule has 0 aromatic carbocycles. The van der Waals surface area contributed by atoms with E-state index in [-0.39, 0.29) is 17.7 Å². The van der Waals surface area contributed by atoms with Crippen LogP contribution in [0.25, 0.3) is 0 Å². The molecule has 0 radical (unpaired) electrons. The number of nitrogens with one attached hydrogen (secondary N) is 1. The molecule has 1 aromatic rings. The number of imide groups is 1. The van der Waals surface area contributed by atoms with Crippen molar-refractivity contribution in [2.75, 3.05) is 18.1 Å². The lowest BCUT2D eigenvalue weighted by Gasteiger charge is -2.28. The maximum absolute atomic E-state index is 12.1. The highest BCUT2D eigenvalue weighted by molar-refractivity contribution is 6.01. The summed E-state index contributed by atoms with van der Waals surface area (Å²) in [4.78, 5) is 24.7. The van der Waals surface area contributed by atoms with Crippen LogP contribution in [0.4, 0.5) is 11.5 Å². The molecule has 2 rings (SSSR count). The van der Waals surface area contributed by atoms with Crippen molar-refractivity contribution >= 4 is 23.3 Å². The molecule has 1 aromatic heterocycles. The Hall–Kier alpha value is -2.05. The molecule has 1 saturated heterocycles. The van der Waals surface area contributed by atoms with E-state index in [2.05, 4.69) is 10.4 Å². The maximum Gasteiger partial charge on any atom is 0.251 e. The average Bonchev–Trinajstić information content (AvgIpc) is 2.67. The van der Waals surface area contributed by atoms with E-state index >= 15 is 0 Å². The van der Waals surface area contributed by atoms with Gasteiger partial charge in [-0.15, -0.1) is 0 Å². The Bertz CT molecular complexity index is 549. The van der Waals surface area contributed by atoms with E-state index in [1.54, 1.807) is 11.7 Å². The predicted octanol–water partition coefficient (Wildman–Crippen LogP) is 0.685. The molecule has 1 aliphatic heterocycles. The minimum absolute atomic E-state index is 0.145. The molecule has 3 N–H and O–H groups in total. The Labute approximate surface area is 118 Å². The van der Waals surface area contributed by atoms with Crippen LogP contribution in [0.1, 0.15) is 38.3 Å². The number of nitrogen functional groups attached to an aromatic ring is 1. The first-order chi connectivity index (χ1) is 9.32. The third kappa shape index (κ3) is 2.35. The van der Waals surface area contributed by atoms with Gasteiger partial charge in [-0.3, -0.25) is 19.2 Å². The van der Waals surface area contributed by atoms with Gasteiger partial charge in [-0.25, -0.2) is 0 Å². The van der Waals surface area contributed by atoms with Gasteiger partial charge < -0.3 is 11.1 Å². The van der Waals surface area contributed by atoms with Crippen molar-refractivity contribution in [2.24, 2.45) is 7.05 Å². The number of likely N-dealkylation sites (tertiary alicyclic amines) is 1. The Morgan fingerprint density at radius 2 is 2.00 bits per heavy atom. The van der Waals surface area contributed by atoms with Crippen molar-refractivity contribution in [1.29, 1.82) is 0 Å². The summed E-state index contributed by atoms with van der Waals surface area (Å²) in [6, 6.07) is -0.435. The second kappa shape index (κ2) is 5.15. The summed E-state index contributed by atoms with van der Waals surface area (Å²) in [5.74, 6) is 0.472. The fraction of sp³-hybridized carbons (Fsp3) is 0.615. The van der Waals surface area contributed by atoms with Gasteiger partial charge in [-0.2, -0.15) is 5.10 Å². The van der Waals surface area contributed by atoms with Gasteiger partial charge in [0.2, 0.25) is 5.91 Å². The lowest BCUT2D eigenvalue weighted by molar-refractivity contribution is -0.146. The summed E-state index contributed by atoms with van der Waals surface area (Å²) in [5, 5.41) is 7.50. The molecule has 0 saturated carbocycles. The van der Waals surface area contributed by atoms with Crippen LogP contribution in [0.3, 0.4) is 0 Å². The van der Waals surface area contributed by atoms with E-state index in [4.69, 9.17) is 5.73 Å². The number of nitrogens with two attached hydrogens (primary N) is 1. The minimum atomic E-state index is -0.435. The van der Waals surface area contributed by atoms with Crippen LogP contribution in [0.2, 0.25) is 0 Å². The van der Waals surface area contributed by atoms with Gasteiger partial charge in [0.1, 0.15) is 11.9 Å². The fourth-order valence-electron chi connectivity index (χ4n) is 2.37. The van der Waals surface area contributed by atoms with Crippen molar-refractivity contribution in [1.82, 2.24) is 14.7 Å². The first-order valence-corrected chi connectivity index (χ1v) is 6.72. The van der Waals surface area contributed by atoms with Gasteiger partial charge in [0, 0.05) is 20.5 Å². The van der Waals surface area contributed by atoms with Crippen LogP contribution in [-0.4, -0.2) is 39.6 Å². The largest absolute Gasteiger partial charge is 0.394 e. The number of piperidine rings is 1. The van der Waals surface area contributed by atoms with Crippen LogP contribution < -0.4 is 11.1 Å². The summed E-state index contributed by atoms with van der Waals surface area (Å²) in [6.07, 6.45) is 0.832. The molecule has 20 heavy (non-hydrogen) atoms. The lowest BCUT2D eigenvalue weighted by atomic mass is 10.0. The zero-order chi connectivity index (χ0) is 15.0. The molecule has 110 valence electrons. The van der Waals surface area contributed by atoms with E-state index in [0.29, 0.717) is 24.3 Å². The first kappa shape index (κ1) is 14.4. The van der Waals surface area contributed by atoms with Gasteiger partial charge in [0.15, 0.2) is 0 Å². The SMILES string of the molecule is CC(C)c1nn(C)c(NC2CCC(=O)N(C)C2=O)c1N. The summed E-state index contributed by atoms with van der Waals surface area (Å²) in [5.41, 5.74) is 7.46. The van der Waals surface area contributed by atoms with E-state index < -0.39 is 6.04 Å². The molecule has 0 bridgehead atoms. The van der Waals surface area contributed by atoms with Crippen molar-refractivity contribution < 1.29 is 9.59 Å². The van der Waals surface area contributed by atoms with Crippen LogP contribution in [-0.2, 0) is 16.6 Å². The molecule has 0 aliphatic carbocycles. The number of carbonyl (C=O) groups excluding carboxylic acids is 2. The fourth-order valence-corrected chi connectivity index (χ4v) is 2.37. The number of hydrogen-bond acceptors (Lipinski definition) is 5. The van der Waals surface area contributed by atoms with Crippen LogP contribution in [0, 0.1) is 0 Å². The summed E-state index contributed by atoms with van der Waals surface area (Å²) in [6.45, 7) is 4.03. The zero-order valence-electron chi connectivity index (χ0n) is 12.3. The molecule has 1 fully saturated rings. The molecule has 1 unspecified atom stereocenters. The standard InChI is InChI=1S/C13H21N5O2/c1-7(2)11-10(14)12(18(4)16-11)15-8-5-6-9(19)17(3)13(8)20/h7-8,15H,5-6,14H2,1-4H3. The van der Waals surface area contributed by atoms with Gasteiger partial charge >= 0.3 is 0 Å². The summed E-state index contributed by atoms with van der Waals surface area (Å²) >= 11 is 0. The smallest absolute Gasteiger partial charge is 0.251 e. The van der Waals surface area contributed by atoms with Crippen molar-refractivity contribution in [3.05, 3.63) is 5.69 Å². The number of rotatable bonds is 3. The summed E-state index contributed by atoms with van der Waals surface area (Å²) < 4.78 is 1.65. The topological polar surface area (TPSA) is 93.2 Å². The number of amides is 2. The molecular weight excluding hydrogens is 258 g/mol. The Morgan fingerprint density at radius 1 is 1.35 bits per heavy atom. The lowest BCUT2D eigenvalue weighted by Crippen LogP contribution is -2.48. The third-order valence-electron chi connectivity index (χ3n) is 3.62. The highest BCUT2D eigenvalue weighted by Crippen LogP contribution is 2.29. The minimum Gasteiger partial charge on any atom is -0.394 e. The second-order valence-electron chi connectivity index (χ2n) is 5.45. The Balaban J connectivity index is 2.22. The predicted molar refractivity (Wildman–Crippen MR) is 76.1 cm³/mol.